The van der Waals surface area contributed by atoms with E-state index in [0.717, 1.165) is 25.1 Å². The number of rotatable bonds is 8. The summed E-state index contributed by atoms with van der Waals surface area (Å²) in [5.41, 5.74) is 0. The molecule has 18 heavy (non-hydrogen) atoms. The molecule has 2 nitrogen and oxygen atoms in total. The Kier molecular flexibility index (Phi) is 6.73. The quantitative estimate of drug-likeness (QED) is 0.764. The van der Waals surface area contributed by atoms with Crippen LogP contribution in [0.5, 0.6) is 5.75 Å². The number of hydrogen-bond donors (Lipinski definition) is 1. The molecule has 0 heterocycles. The summed E-state index contributed by atoms with van der Waals surface area (Å²) in [4.78, 5) is 0. The van der Waals surface area contributed by atoms with Gasteiger partial charge in [0.1, 0.15) is 18.2 Å². The second-order valence-electron chi connectivity index (χ2n) is 4.71. The molecule has 0 aromatic heterocycles. The molecule has 2 atom stereocenters. The third-order valence-electron chi connectivity index (χ3n) is 3.23. The van der Waals surface area contributed by atoms with Gasteiger partial charge in [0.05, 0.1) is 0 Å². The molecule has 0 aliphatic rings. The van der Waals surface area contributed by atoms with Crippen LogP contribution in [-0.4, -0.2) is 19.2 Å². The van der Waals surface area contributed by atoms with Gasteiger partial charge in [-0.05, 0) is 43.1 Å². The molecule has 2 unspecified atom stereocenters. The molecule has 0 spiro atoms. The lowest BCUT2D eigenvalue weighted by molar-refractivity contribution is 0.220. The SMILES string of the molecule is CCCNC(COc1ccc(F)cc1)C(C)CC. The van der Waals surface area contributed by atoms with Gasteiger partial charge in [0.25, 0.3) is 0 Å². The average Bonchev–Trinajstić information content (AvgIpc) is 2.40. The highest BCUT2D eigenvalue weighted by Crippen LogP contribution is 2.14. The van der Waals surface area contributed by atoms with E-state index in [4.69, 9.17) is 4.74 Å². The van der Waals surface area contributed by atoms with Gasteiger partial charge in [0.15, 0.2) is 0 Å². The molecule has 1 N–H and O–H groups in total. The van der Waals surface area contributed by atoms with Crippen molar-refractivity contribution in [3.63, 3.8) is 0 Å². The van der Waals surface area contributed by atoms with E-state index >= 15 is 0 Å². The smallest absolute Gasteiger partial charge is 0.123 e. The molecule has 1 aromatic carbocycles. The van der Waals surface area contributed by atoms with Gasteiger partial charge < -0.3 is 10.1 Å². The first-order chi connectivity index (χ1) is 8.67. The minimum atomic E-state index is -0.232. The number of ether oxygens (including phenoxy) is 1. The molecule has 3 heteroatoms. The van der Waals surface area contributed by atoms with Crippen LogP contribution in [0.4, 0.5) is 4.39 Å². The van der Waals surface area contributed by atoms with Crippen LogP contribution in [0.25, 0.3) is 0 Å². The van der Waals surface area contributed by atoms with E-state index in [1.54, 1.807) is 12.1 Å². The lowest BCUT2D eigenvalue weighted by Gasteiger charge is -2.24. The van der Waals surface area contributed by atoms with Crippen LogP contribution < -0.4 is 10.1 Å². The predicted octanol–water partition coefficient (Wildman–Crippen LogP) is 3.62. The van der Waals surface area contributed by atoms with Crippen molar-refractivity contribution < 1.29 is 9.13 Å². The number of nitrogens with one attached hydrogen (secondary N) is 1. The lowest BCUT2D eigenvalue weighted by Crippen LogP contribution is -2.40. The topological polar surface area (TPSA) is 21.3 Å². The third-order valence-corrected chi connectivity index (χ3v) is 3.23. The molecule has 0 aliphatic heterocycles. The molecule has 1 aromatic rings. The summed E-state index contributed by atoms with van der Waals surface area (Å²) in [6.45, 7) is 8.19. The van der Waals surface area contributed by atoms with E-state index in [1.165, 1.54) is 12.1 Å². The molecule has 0 aliphatic carbocycles. The Morgan fingerprint density at radius 2 is 1.89 bits per heavy atom. The minimum Gasteiger partial charge on any atom is -0.492 e. The van der Waals surface area contributed by atoms with Gasteiger partial charge in [-0.15, -0.1) is 0 Å². The first-order valence-corrected chi connectivity index (χ1v) is 6.79. The molecule has 0 bridgehead atoms. The average molecular weight is 253 g/mol. The highest BCUT2D eigenvalue weighted by molar-refractivity contribution is 5.22. The Balaban J connectivity index is 2.47. The summed E-state index contributed by atoms with van der Waals surface area (Å²) in [7, 11) is 0. The first kappa shape index (κ1) is 15.0. The second-order valence-corrected chi connectivity index (χ2v) is 4.71. The van der Waals surface area contributed by atoms with Gasteiger partial charge in [0.2, 0.25) is 0 Å². The van der Waals surface area contributed by atoms with Crippen LogP contribution in [-0.2, 0) is 0 Å². The van der Waals surface area contributed by atoms with Crippen molar-refractivity contribution in [2.24, 2.45) is 5.92 Å². The van der Waals surface area contributed by atoms with Crippen molar-refractivity contribution in [1.29, 1.82) is 0 Å². The van der Waals surface area contributed by atoms with Crippen LogP contribution in [0.1, 0.15) is 33.6 Å². The van der Waals surface area contributed by atoms with Crippen LogP contribution in [0, 0.1) is 11.7 Å². The van der Waals surface area contributed by atoms with Crippen molar-refractivity contribution in [3.8, 4) is 5.75 Å². The van der Waals surface area contributed by atoms with Crippen molar-refractivity contribution in [2.75, 3.05) is 13.2 Å². The van der Waals surface area contributed by atoms with Gasteiger partial charge >= 0.3 is 0 Å². The summed E-state index contributed by atoms with van der Waals surface area (Å²) in [6, 6.07) is 6.53. The van der Waals surface area contributed by atoms with Gasteiger partial charge in [-0.3, -0.25) is 0 Å². The Morgan fingerprint density at radius 1 is 1.22 bits per heavy atom. The van der Waals surface area contributed by atoms with Crippen LogP contribution in [0.2, 0.25) is 0 Å². The molecule has 0 saturated heterocycles. The summed E-state index contributed by atoms with van der Waals surface area (Å²) in [5, 5.41) is 3.50. The first-order valence-electron chi connectivity index (χ1n) is 6.79. The van der Waals surface area contributed by atoms with E-state index in [-0.39, 0.29) is 5.82 Å². The van der Waals surface area contributed by atoms with Crippen LogP contribution >= 0.6 is 0 Å². The largest absolute Gasteiger partial charge is 0.492 e. The van der Waals surface area contributed by atoms with E-state index in [9.17, 15) is 4.39 Å². The molecule has 0 amide bonds. The zero-order valence-corrected chi connectivity index (χ0v) is 11.6. The maximum Gasteiger partial charge on any atom is 0.123 e. The maximum atomic E-state index is 12.8. The molecule has 0 radical (unpaired) electrons. The minimum absolute atomic E-state index is 0.232. The number of halogens is 1. The van der Waals surface area contributed by atoms with Crippen molar-refractivity contribution >= 4 is 0 Å². The Labute approximate surface area is 110 Å². The fourth-order valence-electron chi connectivity index (χ4n) is 1.76. The molecule has 102 valence electrons. The highest BCUT2D eigenvalue weighted by atomic mass is 19.1. The Morgan fingerprint density at radius 3 is 2.44 bits per heavy atom. The van der Waals surface area contributed by atoms with Crippen molar-refractivity contribution in [1.82, 2.24) is 5.32 Å². The van der Waals surface area contributed by atoms with Gasteiger partial charge in [-0.1, -0.05) is 27.2 Å². The van der Waals surface area contributed by atoms with Crippen molar-refractivity contribution in [3.05, 3.63) is 30.1 Å². The highest BCUT2D eigenvalue weighted by Gasteiger charge is 2.15. The van der Waals surface area contributed by atoms with Gasteiger partial charge in [-0.25, -0.2) is 4.39 Å². The zero-order valence-electron chi connectivity index (χ0n) is 11.6. The summed E-state index contributed by atoms with van der Waals surface area (Å²) in [5.74, 6) is 1.06. The third kappa shape index (κ3) is 5.05. The number of benzene rings is 1. The molecular formula is C15H24FNO. The van der Waals surface area contributed by atoms with Crippen LogP contribution in [0.3, 0.4) is 0 Å². The molecule has 0 fully saturated rings. The van der Waals surface area contributed by atoms with Crippen LogP contribution in [0.15, 0.2) is 24.3 Å². The Hall–Kier alpha value is -1.09. The molecule has 1 rings (SSSR count). The zero-order chi connectivity index (χ0) is 13.4. The lowest BCUT2D eigenvalue weighted by atomic mass is 10.00. The number of hydrogen-bond acceptors (Lipinski definition) is 2. The normalized spacial score (nSPS) is 14.2. The van der Waals surface area contributed by atoms with E-state index in [1.807, 2.05) is 0 Å². The Bertz CT molecular complexity index is 326. The standard InChI is InChI=1S/C15H24FNO/c1-4-10-17-15(12(3)5-2)11-18-14-8-6-13(16)7-9-14/h6-9,12,15,17H,4-5,10-11H2,1-3H3. The second kappa shape index (κ2) is 8.09. The van der Waals surface area contributed by atoms with Gasteiger partial charge in [-0.2, -0.15) is 0 Å². The van der Waals surface area contributed by atoms with Gasteiger partial charge in [0, 0.05) is 6.04 Å². The van der Waals surface area contributed by atoms with E-state index in [2.05, 4.69) is 26.1 Å². The summed E-state index contributed by atoms with van der Waals surface area (Å²) >= 11 is 0. The van der Waals surface area contributed by atoms with E-state index < -0.39 is 0 Å². The maximum absolute atomic E-state index is 12.8. The fourth-order valence-corrected chi connectivity index (χ4v) is 1.76. The monoisotopic (exact) mass is 253 g/mol. The summed E-state index contributed by atoms with van der Waals surface area (Å²) in [6.07, 6.45) is 2.23. The summed E-state index contributed by atoms with van der Waals surface area (Å²) < 4.78 is 18.5. The molecular weight excluding hydrogens is 229 g/mol. The fraction of sp³-hybridized carbons (Fsp3) is 0.600. The predicted molar refractivity (Wildman–Crippen MR) is 73.4 cm³/mol. The van der Waals surface area contributed by atoms with E-state index in [0.29, 0.717) is 18.6 Å². The van der Waals surface area contributed by atoms with Crippen molar-refractivity contribution in [2.45, 2.75) is 39.7 Å². The molecule has 0 saturated carbocycles.